The van der Waals surface area contributed by atoms with Gasteiger partial charge in [-0.05, 0) is 43.7 Å². The van der Waals surface area contributed by atoms with Crippen LogP contribution in [-0.2, 0) is 4.74 Å². The minimum absolute atomic E-state index is 0.779. The molecule has 20 heavy (non-hydrogen) atoms. The summed E-state index contributed by atoms with van der Waals surface area (Å²) in [6.07, 6.45) is 5.86. The van der Waals surface area contributed by atoms with Crippen molar-refractivity contribution in [3.8, 4) is 0 Å². The number of H-pyrrole nitrogens is 2. The van der Waals surface area contributed by atoms with Crippen LogP contribution in [-0.4, -0.2) is 22.8 Å². The fourth-order valence-corrected chi connectivity index (χ4v) is 2.35. The van der Waals surface area contributed by atoms with Gasteiger partial charge in [-0.1, -0.05) is 0 Å². The standard InChI is InChI=1S/C16H17N3O/c1-10-7-11(2)18-13(10)8-15-16(20-3)9-14(19-15)12-5-4-6-17-12/h4-9,17-18H,1-3H3/b15-8+. The van der Waals surface area contributed by atoms with Gasteiger partial charge in [0.2, 0.25) is 0 Å². The highest BCUT2D eigenvalue weighted by atomic mass is 16.5. The molecule has 1 aliphatic heterocycles. The maximum atomic E-state index is 5.42. The van der Waals surface area contributed by atoms with Crippen LogP contribution in [0.15, 0.2) is 46.9 Å². The molecule has 0 bridgehead atoms. The second kappa shape index (κ2) is 4.89. The fraction of sp³-hybridized carbons (Fsp3) is 0.188. The molecule has 2 N–H and O–H groups in total. The first kappa shape index (κ1) is 12.5. The first-order valence-electron chi connectivity index (χ1n) is 6.54. The number of ether oxygens (including phenoxy) is 1. The molecule has 3 heterocycles. The topological polar surface area (TPSA) is 53.2 Å². The lowest BCUT2D eigenvalue weighted by atomic mass is 10.2. The van der Waals surface area contributed by atoms with E-state index in [0.29, 0.717) is 0 Å². The van der Waals surface area contributed by atoms with Gasteiger partial charge in [0, 0.05) is 23.7 Å². The molecule has 102 valence electrons. The average Bonchev–Trinajstić information content (AvgIpc) is 3.11. The van der Waals surface area contributed by atoms with Gasteiger partial charge in [0.1, 0.15) is 11.5 Å². The fourth-order valence-electron chi connectivity index (χ4n) is 2.35. The summed E-state index contributed by atoms with van der Waals surface area (Å²) in [7, 11) is 1.67. The number of nitrogens with one attached hydrogen (secondary N) is 2. The Balaban J connectivity index is 2.01. The second-order valence-electron chi connectivity index (χ2n) is 4.87. The molecule has 0 fully saturated rings. The molecular formula is C16H17N3O. The molecule has 4 nitrogen and oxygen atoms in total. The van der Waals surface area contributed by atoms with Crippen LogP contribution in [0.1, 0.15) is 22.6 Å². The molecule has 0 atom stereocenters. The van der Waals surface area contributed by atoms with Crippen molar-refractivity contribution >= 4 is 11.8 Å². The van der Waals surface area contributed by atoms with Crippen LogP contribution in [0.2, 0.25) is 0 Å². The zero-order chi connectivity index (χ0) is 14.1. The average molecular weight is 267 g/mol. The van der Waals surface area contributed by atoms with E-state index in [0.717, 1.165) is 34.2 Å². The zero-order valence-corrected chi connectivity index (χ0v) is 11.8. The second-order valence-corrected chi connectivity index (χ2v) is 4.87. The number of rotatable bonds is 3. The third-order valence-corrected chi connectivity index (χ3v) is 3.33. The monoisotopic (exact) mass is 267 g/mol. The summed E-state index contributed by atoms with van der Waals surface area (Å²) in [4.78, 5) is 11.1. The largest absolute Gasteiger partial charge is 0.494 e. The Bertz CT molecular complexity index is 715. The van der Waals surface area contributed by atoms with E-state index in [-0.39, 0.29) is 0 Å². The Morgan fingerprint density at radius 2 is 2.15 bits per heavy atom. The molecular weight excluding hydrogens is 250 g/mol. The summed E-state index contributed by atoms with van der Waals surface area (Å²) in [6.45, 7) is 4.13. The molecule has 2 aromatic heterocycles. The van der Waals surface area contributed by atoms with E-state index in [2.05, 4.69) is 28.0 Å². The van der Waals surface area contributed by atoms with Crippen LogP contribution in [0.25, 0.3) is 6.08 Å². The maximum Gasteiger partial charge on any atom is 0.146 e. The van der Waals surface area contributed by atoms with Crippen molar-refractivity contribution in [2.45, 2.75) is 13.8 Å². The van der Waals surface area contributed by atoms with Crippen molar-refractivity contribution in [1.29, 1.82) is 0 Å². The van der Waals surface area contributed by atoms with Crippen molar-refractivity contribution in [2.24, 2.45) is 4.99 Å². The van der Waals surface area contributed by atoms with Gasteiger partial charge in [-0.3, -0.25) is 0 Å². The number of allylic oxidation sites excluding steroid dienone is 1. The van der Waals surface area contributed by atoms with Gasteiger partial charge in [0.05, 0.1) is 18.5 Å². The number of hydrogen-bond donors (Lipinski definition) is 2. The number of aryl methyl sites for hydroxylation is 2. The Morgan fingerprint density at radius 3 is 2.75 bits per heavy atom. The van der Waals surface area contributed by atoms with Crippen molar-refractivity contribution < 1.29 is 4.74 Å². The maximum absolute atomic E-state index is 5.42. The minimum Gasteiger partial charge on any atom is -0.494 e. The van der Waals surface area contributed by atoms with Crippen molar-refractivity contribution in [3.05, 3.63) is 64.6 Å². The van der Waals surface area contributed by atoms with Crippen LogP contribution in [0.3, 0.4) is 0 Å². The third kappa shape index (κ3) is 2.20. The van der Waals surface area contributed by atoms with E-state index in [1.807, 2.05) is 37.4 Å². The van der Waals surface area contributed by atoms with E-state index in [9.17, 15) is 0 Å². The molecule has 4 heteroatoms. The first-order valence-corrected chi connectivity index (χ1v) is 6.54. The molecule has 0 spiro atoms. The summed E-state index contributed by atoms with van der Waals surface area (Å²) >= 11 is 0. The zero-order valence-electron chi connectivity index (χ0n) is 11.8. The molecule has 0 aliphatic carbocycles. The highest BCUT2D eigenvalue weighted by Gasteiger charge is 2.17. The Hall–Kier alpha value is -2.49. The molecule has 0 radical (unpaired) electrons. The van der Waals surface area contributed by atoms with Crippen molar-refractivity contribution in [1.82, 2.24) is 9.97 Å². The lowest BCUT2D eigenvalue weighted by Gasteiger charge is -2.01. The SMILES string of the molecule is COC1=CC(c2ccc[nH]2)=N/C1=C/c1[nH]c(C)cc1C. The highest BCUT2D eigenvalue weighted by Crippen LogP contribution is 2.25. The quantitative estimate of drug-likeness (QED) is 0.880. The molecule has 0 unspecified atom stereocenters. The molecule has 0 aromatic carbocycles. The van der Waals surface area contributed by atoms with Crippen LogP contribution >= 0.6 is 0 Å². The van der Waals surface area contributed by atoms with E-state index in [1.165, 1.54) is 5.56 Å². The van der Waals surface area contributed by atoms with E-state index < -0.39 is 0 Å². The summed E-state index contributed by atoms with van der Waals surface area (Å²) in [5, 5.41) is 0. The normalized spacial score (nSPS) is 16.4. The van der Waals surface area contributed by atoms with Crippen LogP contribution in [0.5, 0.6) is 0 Å². The van der Waals surface area contributed by atoms with Gasteiger partial charge in [0.25, 0.3) is 0 Å². The third-order valence-electron chi connectivity index (χ3n) is 3.33. The van der Waals surface area contributed by atoms with Crippen LogP contribution in [0.4, 0.5) is 0 Å². The van der Waals surface area contributed by atoms with Gasteiger partial charge >= 0.3 is 0 Å². The summed E-state index contributed by atoms with van der Waals surface area (Å²) in [5.74, 6) is 0.779. The lowest BCUT2D eigenvalue weighted by molar-refractivity contribution is 0.303. The van der Waals surface area contributed by atoms with E-state index in [1.54, 1.807) is 7.11 Å². The molecule has 0 saturated heterocycles. The van der Waals surface area contributed by atoms with Gasteiger partial charge in [-0.15, -0.1) is 0 Å². The van der Waals surface area contributed by atoms with Gasteiger partial charge < -0.3 is 14.7 Å². The Labute approximate surface area is 117 Å². The number of nitrogens with zero attached hydrogens (tertiary/aromatic N) is 1. The van der Waals surface area contributed by atoms with E-state index >= 15 is 0 Å². The summed E-state index contributed by atoms with van der Waals surface area (Å²) in [5.41, 5.74) is 6.12. The number of hydrogen-bond acceptors (Lipinski definition) is 2. The van der Waals surface area contributed by atoms with Crippen LogP contribution in [0, 0.1) is 13.8 Å². The number of aromatic nitrogens is 2. The number of aliphatic imine (C=N–C) groups is 1. The summed E-state index contributed by atoms with van der Waals surface area (Å²) in [6, 6.07) is 6.07. The highest BCUT2D eigenvalue weighted by molar-refractivity contribution is 6.11. The predicted molar refractivity (Wildman–Crippen MR) is 80.7 cm³/mol. The first-order chi connectivity index (χ1) is 9.67. The molecule has 2 aromatic rings. The van der Waals surface area contributed by atoms with Gasteiger partial charge in [0.15, 0.2) is 0 Å². The van der Waals surface area contributed by atoms with Gasteiger partial charge in [-0.2, -0.15) is 0 Å². The van der Waals surface area contributed by atoms with E-state index in [4.69, 9.17) is 4.74 Å². The molecule has 0 saturated carbocycles. The minimum atomic E-state index is 0.779. The van der Waals surface area contributed by atoms with Gasteiger partial charge in [-0.25, -0.2) is 4.99 Å². The number of aromatic amines is 2. The van der Waals surface area contributed by atoms with Crippen molar-refractivity contribution in [3.63, 3.8) is 0 Å². The molecule has 3 rings (SSSR count). The predicted octanol–water partition coefficient (Wildman–Crippen LogP) is 3.33. The Kier molecular flexibility index (Phi) is 3.06. The van der Waals surface area contributed by atoms with Crippen molar-refractivity contribution in [2.75, 3.05) is 7.11 Å². The number of methoxy groups -OCH3 is 1. The molecule has 0 amide bonds. The molecule has 1 aliphatic rings. The Morgan fingerprint density at radius 1 is 1.30 bits per heavy atom. The van der Waals surface area contributed by atoms with Crippen LogP contribution < -0.4 is 0 Å². The summed E-state index contributed by atoms with van der Waals surface area (Å²) < 4.78 is 5.42. The smallest absolute Gasteiger partial charge is 0.146 e. The lowest BCUT2D eigenvalue weighted by Crippen LogP contribution is -1.93.